The Kier molecular flexibility index (Phi) is 5.76. The molecule has 24 heavy (non-hydrogen) atoms. The second-order valence-electron chi connectivity index (χ2n) is 7.87. The lowest BCUT2D eigenvalue weighted by atomic mass is 9.86. The highest BCUT2D eigenvalue weighted by molar-refractivity contribution is 5.60. The van der Waals surface area contributed by atoms with E-state index < -0.39 is 0 Å². The maximum Gasteiger partial charge on any atom is 0.146 e. The van der Waals surface area contributed by atoms with Crippen LogP contribution >= 0.6 is 0 Å². The third-order valence-corrected chi connectivity index (χ3v) is 4.56. The maximum atomic E-state index is 14.1. The predicted octanol–water partition coefficient (Wildman–Crippen LogP) is 5.32. The van der Waals surface area contributed by atoms with Crippen LogP contribution in [0.5, 0.6) is 0 Å². The van der Waals surface area contributed by atoms with Gasteiger partial charge in [-0.3, -0.25) is 0 Å². The van der Waals surface area contributed by atoms with Crippen molar-refractivity contribution in [2.75, 3.05) is 0 Å². The Hall–Kier alpha value is -1.74. The molecule has 0 saturated carbocycles. The highest BCUT2D eigenvalue weighted by Crippen LogP contribution is 2.25. The first-order valence-electron chi connectivity index (χ1n) is 8.68. The van der Waals surface area contributed by atoms with Gasteiger partial charge in [0, 0.05) is 18.2 Å². The number of rotatable bonds is 5. The van der Waals surface area contributed by atoms with E-state index in [0.717, 1.165) is 11.3 Å². The Morgan fingerprint density at radius 1 is 1.00 bits per heavy atom. The molecule has 1 heterocycles. The minimum Gasteiger partial charge on any atom is -0.308 e. The van der Waals surface area contributed by atoms with Crippen molar-refractivity contribution >= 4 is 0 Å². The topological polar surface area (TPSA) is 24.9 Å². The lowest BCUT2D eigenvalue weighted by Crippen LogP contribution is -2.30. The number of hydrogen-bond donors (Lipinski definition) is 1. The third-order valence-electron chi connectivity index (χ3n) is 4.56. The Labute approximate surface area is 145 Å². The zero-order valence-electron chi connectivity index (χ0n) is 15.7. The van der Waals surface area contributed by atoms with E-state index in [1.165, 1.54) is 11.6 Å². The number of benzene rings is 1. The van der Waals surface area contributed by atoms with Crippen LogP contribution in [0.2, 0.25) is 0 Å². The minimum atomic E-state index is -0.256. The number of pyridine rings is 1. The maximum absolute atomic E-state index is 14.1. The van der Waals surface area contributed by atoms with E-state index in [1.807, 2.05) is 0 Å². The van der Waals surface area contributed by atoms with Crippen molar-refractivity contribution in [3.8, 4) is 11.3 Å². The average Bonchev–Trinajstić information content (AvgIpc) is 2.53. The Balaban J connectivity index is 2.21. The number of halogens is 1. The van der Waals surface area contributed by atoms with Gasteiger partial charge in [-0.25, -0.2) is 9.37 Å². The molecule has 0 bridgehead atoms. The van der Waals surface area contributed by atoms with Crippen LogP contribution in [0.4, 0.5) is 4.39 Å². The average molecular weight is 328 g/mol. The fourth-order valence-corrected chi connectivity index (χ4v) is 2.40. The molecule has 1 aromatic heterocycles. The standard InChI is InChI=1S/C21H29FN2/c1-14(2)15(3)23-13-20-18(22)11-12-19(24-20)16-7-9-17(10-8-16)21(4,5)6/h7-12,14-15,23H,13H2,1-6H3/t15-/m1/s1. The van der Waals surface area contributed by atoms with Gasteiger partial charge in [-0.15, -0.1) is 0 Å². The lowest BCUT2D eigenvalue weighted by molar-refractivity contribution is 0.418. The summed E-state index contributed by atoms with van der Waals surface area (Å²) >= 11 is 0. The van der Waals surface area contributed by atoms with Crippen molar-refractivity contribution in [1.82, 2.24) is 10.3 Å². The van der Waals surface area contributed by atoms with Gasteiger partial charge in [0.15, 0.2) is 0 Å². The smallest absolute Gasteiger partial charge is 0.146 e. The van der Waals surface area contributed by atoms with Crippen molar-refractivity contribution < 1.29 is 4.39 Å². The van der Waals surface area contributed by atoms with Crippen LogP contribution in [0, 0.1) is 11.7 Å². The summed E-state index contributed by atoms with van der Waals surface area (Å²) in [5.74, 6) is 0.245. The Morgan fingerprint density at radius 2 is 1.62 bits per heavy atom. The van der Waals surface area contributed by atoms with Gasteiger partial charge in [-0.05, 0) is 36.0 Å². The van der Waals surface area contributed by atoms with E-state index in [-0.39, 0.29) is 11.2 Å². The SMILES string of the molecule is CC(C)[C@@H](C)NCc1nc(-c2ccc(C(C)(C)C)cc2)ccc1F. The van der Waals surface area contributed by atoms with Gasteiger partial charge in [0.1, 0.15) is 5.82 Å². The van der Waals surface area contributed by atoms with Gasteiger partial charge >= 0.3 is 0 Å². The zero-order valence-corrected chi connectivity index (χ0v) is 15.7. The second kappa shape index (κ2) is 7.43. The van der Waals surface area contributed by atoms with Crippen molar-refractivity contribution in [1.29, 1.82) is 0 Å². The number of aromatic nitrogens is 1. The van der Waals surface area contributed by atoms with Crippen LogP contribution < -0.4 is 5.32 Å². The van der Waals surface area contributed by atoms with Crippen LogP contribution in [-0.4, -0.2) is 11.0 Å². The minimum absolute atomic E-state index is 0.122. The van der Waals surface area contributed by atoms with Gasteiger partial charge in [-0.1, -0.05) is 58.9 Å². The number of hydrogen-bond acceptors (Lipinski definition) is 2. The van der Waals surface area contributed by atoms with Gasteiger partial charge < -0.3 is 5.32 Å². The first-order chi connectivity index (χ1) is 11.2. The van der Waals surface area contributed by atoms with E-state index in [9.17, 15) is 4.39 Å². The number of nitrogens with zero attached hydrogens (tertiary/aromatic N) is 1. The highest BCUT2D eigenvalue weighted by atomic mass is 19.1. The quantitative estimate of drug-likeness (QED) is 0.803. The highest BCUT2D eigenvalue weighted by Gasteiger charge is 2.14. The molecule has 1 aromatic carbocycles. The van der Waals surface area contributed by atoms with Crippen molar-refractivity contribution in [2.24, 2.45) is 5.92 Å². The van der Waals surface area contributed by atoms with E-state index in [2.05, 4.69) is 76.1 Å². The second-order valence-corrected chi connectivity index (χ2v) is 7.87. The monoisotopic (exact) mass is 328 g/mol. The molecule has 2 rings (SSSR count). The summed E-state index contributed by atoms with van der Waals surface area (Å²) in [6, 6.07) is 12.0. The predicted molar refractivity (Wildman–Crippen MR) is 99.5 cm³/mol. The van der Waals surface area contributed by atoms with Gasteiger partial charge in [0.2, 0.25) is 0 Å². The molecule has 2 nitrogen and oxygen atoms in total. The summed E-state index contributed by atoms with van der Waals surface area (Å²) in [5, 5.41) is 3.34. The van der Waals surface area contributed by atoms with Crippen LogP contribution in [0.15, 0.2) is 36.4 Å². The van der Waals surface area contributed by atoms with E-state index in [4.69, 9.17) is 0 Å². The molecule has 0 spiro atoms. The summed E-state index contributed by atoms with van der Waals surface area (Å²) in [6.07, 6.45) is 0. The molecule has 3 heteroatoms. The molecule has 0 aliphatic heterocycles. The van der Waals surface area contributed by atoms with Gasteiger partial charge in [-0.2, -0.15) is 0 Å². The van der Waals surface area contributed by atoms with E-state index in [0.29, 0.717) is 24.2 Å². The van der Waals surface area contributed by atoms with Gasteiger partial charge in [0.05, 0.1) is 11.4 Å². The van der Waals surface area contributed by atoms with Crippen molar-refractivity contribution in [2.45, 2.75) is 59.5 Å². The van der Waals surface area contributed by atoms with Crippen LogP contribution in [0.3, 0.4) is 0 Å². The molecule has 2 aromatic rings. The molecule has 0 amide bonds. The first kappa shape index (κ1) is 18.6. The van der Waals surface area contributed by atoms with Crippen molar-refractivity contribution in [3.05, 3.63) is 53.5 Å². The number of nitrogens with one attached hydrogen (secondary N) is 1. The Bertz CT molecular complexity index is 669. The van der Waals surface area contributed by atoms with Crippen LogP contribution in [-0.2, 0) is 12.0 Å². The fourth-order valence-electron chi connectivity index (χ4n) is 2.40. The van der Waals surface area contributed by atoms with Gasteiger partial charge in [0.25, 0.3) is 0 Å². The summed E-state index contributed by atoms with van der Waals surface area (Å²) < 4.78 is 14.1. The Morgan fingerprint density at radius 3 is 2.17 bits per heavy atom. The summed E-state index contributed by atoms with van der Waals surface area (Å²) in [5.41, 5.74) is 3.70. The summed E-state index contributed by atoms with van der Waals surface area (Å²) in [4.78, 5) is 4.53. The van der Waals surface area contributed by atoms with E-state index in [1.54, 1.807) is 6.07 Å². The van der Waals surface area contributed by atoms with Crippen LogP contribution in [0.25, 0.3) is 11.3 Å². The zero-order chi connectivity index (χ0) is 17.9. The molecule has 0 aliphatic carbocycles. The molecule has 1 atom stereocenters. The molecule has 0 saturated heterocycles. The molecule has 0 unspecified atom stereocenters. The first-order valence-corrected chi connectivity index (χ1v) is 8.68. The summed E-state index contributed by atoms with van der Waals surface area (Å²) in [6.45, 7) is 13.4. The largest absolute Gasteiger partial charge is 0.308 e. The molecule has 0 aliphatic rings. The third kappa shape index (κ3) is 4.64. The normalized spacial score (nSPS) is 13.3. The molecule has 130 valence electrons. The molecular weight excluding hydrogens is 299 g/mol. The molecular formula is C21H29FN2. The summed E-state index contributed by atoms with van der Waals surface area (Å²) in [7, 11) is 0. The van der Waals surface area contributed by atoms with Crippen molar-refractivity contribution in [3.63, 3.8) is 0 Å². The van der Waals surface area contributed by atoms with E-state index >= 15 is 0 Å². The molecule has 1 N–H and O–H groups in total. The lowest BCUT2D eigenvalue weighted by Gasteiger charge is -2.19. The molecule has 0 radical (unpaired) electrons. The molecule has 0 fully saturated rings. The van der Waals surface area contributed by atoms with Crippen LogP contribution in [0.1, 0.15) is 52.8 Å². The fraction of sp³-hybridized carbons (Fsp3) is 0.476.